The zero-order valence-electron chi connectivity index (χ0n) is 13.1. The fourth-order valence-corrected chi connectivity index (χ4v) is 3.41. The zero-order valence-corrected chi connectivity index (χ0v) is 13.9. The van der Waals surface area contributed by atoms with E-state index in [0.717, 1.165) is 24.5 Å². The Balaban J connectivity index is 1.59. The molecule has 2 aliphatic carbocycles. The first-order valence-electron chi connectivity index (χ1n) is 8.32. The molecule has 2 aliphatic rings. The monoisotopic (exact) mass is 317 g/mol. The van der Waals surface area contributed by atoms with Crippen LogP contribution in [0.1, 0.15) is 36.0 Å². The van der Waals surface area contributed by atoms with Gasteiger partial charge in [-0.15, -0.1) is 0 Å². The van der Waals surface area contributed by atoms with E-state index in [2.05, 4.69) is 58.7 Å². The van der Waals surface area contributed by atoms with Crippen molar-refractivity contribution >= 4 is 23.5 Å². The van der Waals surface area contributed by atoms with Gasteiger partial charge in [0.05, 0.1) is 10.9 Å². The molecule has 0 heterocycles. The van der Waals surface area contributed by atoms with E-state index in [-0.39, 0.29) is 0 Å². The highest BCUT2D eigenvalue weighted by atomic mass is 32.1. The first-order chi connectivity index (χ1) is 11.3. The first kappa shape index (κ1) is 14.6. The molecule has 0 saturated heterocycles. The SMILES string of the molecule is S=C=NC1=Cc2ccc(-c3ccc(CC4CC4)cc3)cc2CC1. The number of isothiocyanates is 1. The highest BCUT2D eigenvalue weighted by Gasteiger charge is 2.21. The highest BCUT2D eigenvalue weighted by Crippen LogP contribution is 2.33. The molecule has 0 amide bonds. The molecular weight excluding hydrogens is 298 g/mol. The van der Waals surface area contributed by atoms with Gasteiger partial charge in [0.25, 0.3) is 0 Å². The zero-order chi connectivity index (χ0) is 15.6. The summed E-state index contributed by atoms with van der Waals surface area (Å²) in [6.07, 6.45) is 8.17. The van der Waals surface area contributed by atoms with Crippen LogP contribution in [-0.4, -0.2) is 5.16 Å². The van der Waals surface area contributed by atoms with Crippen LogP contribution in [0.4, 0.5) is 0 Å². The molecule has 114 valence electrons. The summed E-state index contributed by atoms with van der Waals surface area (Å²) < 4.78 is 0. The molecule has 1 nitrogen and oxygen atoms in total. The van der Waals surface area contributed by atoms with Crippen LogP contribution in [-0.2, 0) is 12.8 Å². The minimum Gasteiger partial charge on any atom is -0.199 e. The largest absolute Gasteiger partial charge is 0.199 e. The van der Waals surface area contributed by atoms with Crippen molar-refractivity contribution < 1.29 is 0 Å². The average Bonchev–Trinajstić information content (AvgIpc) is 3.39. The van der Waals surface area contributed by atoms with Crippen LogP contribution >= 0.6 is 12.2 Å². The van der Waals surface area contributed by atoms with Crippen LogP contribution in [0, 0.1) is 5.92 Å². The van der Waals surface area contributed by atoms with Gasteiger partial charge in [-0.05, 0) is 84.1 Å². The normalized spacial score (nSPS) is 16.3. The van der Waals surface area contributed by atoms with E-state index in [4.69, 9.17) is 12.2 Å². The molecule has 4 rings (SSSR count). The molecule has 1 fully saturated rings. The number of rotatable bonds is 4. The van der Waals surface area contributed by atoms with Gasteiger partial charge in [-0.2, -0.15) is 4.99 Å². The van der Waals surface area contributed by atoms with Crippen LogP contribution in [0.2, 0.25) is 0 Å². The van der Waals surface area contributed by atoms with Crippen LogP contribution in [0.15, 0.2) is 53.2 Å². The molecule has 2 aromatic rings. The van der Waals surface area contributed by atoms with Crippen molar-refractivity contribution in [2.45, 2.75) is 32.1 Å². The van der Waals surface area contributed by atoms with E-state index in [1.54, 1.807) is 0 Å². The van der Waals surface area contributed by atoms with Gasteiger partial charge in [-0.1, -0.05) is 42.5 Å². The van der Waals surface area contributed by atoms with Gasteiger partial charge in [0.1, 0.15) is 0 Å². The van der Waals surface area contributed by atoms with Crippen molar-refractivity contribution in [3.05, 3.63) is 64.9 Å². The predicted molar refractivity (Wildman–Crippen MR) is 99.6 cm³/mol. The number of hydrogen-bond donors (Lipinski definition) is 0. The Morgan fingerprint density at radius 1 is 1.00 bits per heavy atom. The topological polar surface area (TPSA) is 12.4 Å². The third kappa shape index (κ3) is 3.34. The molecule has 2 heteroatoms. The molecule has 0 spiro atoms. The average molecular weight is 317 g/mol. The number of hydrogen-bond acceptors (Lipinski definition) is 2. The minimum absolute atomic E-state index is 0.945. The number of aliphatic imine (C=N–C) groups is 1. The lowest BCUT2D eigenvalue weighted by Crippen LogP contribution is -1.98. The standard InChI is InChI=1S/C21H19NS/c23-14-22-21-10-9-19-12-18(7-8-20(19)13-21)17-5-3-16(4-6-17)11-15-1-2-15/h3-8,12-13,15H,1-2,9-11H2. The quantitative estimate of drug-likeness (QED) is 0.521. The summed E-state index contributed by atoms with van der Waals surface area (Å²) in [5, 5.41) is 2.47. The van der Waals surface area contributed by atoms with Crippen LogP contribution in [0.25, 0.3) is 17.2 Å². The summed E-state index contributed by atoms with van der Waals surface area (Å²) in [7, 11) is 0. The van der Waals surface area contributed by atoms with Crippen LogP contribution < -0.4 is 0 Å². The molecule has 0 atom stereocenters. The van der Waals surface area contributed by atoms with Crippen molar-refractivity contribution in [3.63, 3.8) is 0 Å². The third-order valence-corrected chi connectivity index (χ3v) is 4.90. The number of allylic oxidation sites excluding steroid dienone is 1. The molecule has 23 heavy (non-hydrogen) atoms. The molecule has 1 saturated carbocycles. The number of nitrogens with zero attached hydrogens (tertiary/aromatic N) is 1. The molecule has 0 aliphatic heterocycles. The Kier molecular flexibility index (Phi) is 3.95. The van der Waals surface area contributed by atoms with Gasteiger partial charge < -0.3 is 0 Å². The molecule has 0 N–H and O–H groups in total. The first-order valence-corrected chi connectivity index (χ1v) is 8.73. The van der Waals surface area contributed by atoms with Crippen LogP contribution in [0.3, 0.4) is 0 Å². The number of fused-ring (bicyclic) bond motifs is 1. The van der Waals surface area contributed by atoms with E-state index < -0.39 is 0 Å². The van der Waals surface area contributed by atoms with Gasteiger partial charge in [0.15, 0.2) is 0 Å². The highest BCUT2D eigenvalue weighted by molar-refractivity contribution is 7.78. The van der Waals surface area contributed by atoms with E-state index in [1.807, 2.05) is 0 Å². The van der Waals surface area contributed by atoms with E-state index in [9.17, 15) is 0 Å². The summed E-state index contributed by atoms with van der Waals surface area (Å²) in [6.45, 7) is 0. The van der Waals surface area contributed by atoms with Crippen molar-refractivity contribution in [1.82, 2.24) is 0 Å². The van der Waals surface area contributed by atoms with E-state index in [0.29, 0.717) is 0 Å². The van der Waals surface area contributed by atoms with Crippen LogP contribution in [0.5, 0.6) is 0 Å². The third-order valence-electron chi connectivity index (χ3n) is 4.81. The lowest BCUT2D eigenvalue weighted by Gasteiger charge is -2.15. The second-order valence-electron chi connectivity index (χ2n) is 6.60. The second-order valence-corrected chi connectivity index (χ2v) is 6.78. The molecule has 0 radical (unpaired) electrons. The molecular formula is C21H19NS. The summed E-state index contributed by atoms with van der Waals surface area (Å²) in [5.74, 6) is 0.945. The number of thiocarbonyl (C=S) groups is 1. The second kappa shape index (κ2) is 6.23. The maximum Gasteiger partial charge on any atom is 0.0637 e. The summed E-state index contributed by atoms with van der Waals surface area (Å²) >= 11 is 4.70. The molecule has 0 unspecified atom stereocenters. The van der Waals surface area contributed by atoms with E-state index >= 15 is 0 Å². The molecule has 0 bridgehead atoms. The van der Waals surface area contributed by atoms with Gasteiger partial charge in [-0.3, -0.25) is 0 Å². The number of benzene rings is 2. The predicted octanol–water partition coefficient (Wildman–Crippen LogP) is 5.70. The summed E-state index contributed by atoms with van der Waals surface area (Å²) in [5.41, 5.74) is 7.77. The Bertz CT molecular complexity index is 806. The Morgan fingerprint density at radius 3 is 2.52 bits per heavy atom. The summed E-state index contributed by atoms with van der Waals surface area (Å²) in [6, 6.07) is 15.8. The van der Waals surface area contributed by atoms with E-state index in [1.165, 1.54) is 47.1 Å². The Hall–Kier alpha value is -2.02. The lowest BCUT2D eigenvalue weighted by molar-refractivity contribution is 0.832. The molecule has 0 aromatic heterocycles. The Labute approximate surface area is 142 Å². The molecule has 2 aromatic carbocycles. The van der Waals surface area contributed by atoms with Gasteiger partial charge in [-0.25, -0.2) is 0 Å². The summed E-state index contributed by atoms with van der Waals surface area (Å²) in [4.78, 5) is 4.13. The van der Waals surface area contributed by atoms with Crippen molar-refractivity contribution in [2.24, 2.45) is 10.9 Å². The van der Waals surface area contributed by atoms with Crippen molar-refractivity contribution in [3.8, 4) is 11.1 Å². The Morgan fingerprint density at radius 2 is 1.78 bits per heavy atom. The van der Waals surface area contributed by atoms with Gasteiger partial charge in [0.2, 0.25) is 0 Å². The van der Waals surface area contributed by atoms with Crippen molar-refractivity contribution in [1.29, 1.82) is 0 Å². The van der Waals surface area contributed by atoms with Gasteiger partial charge in [0, 0.05) is 0 Å². The fraction of sp³-hybridized carbons (Fsp3) is 0.286. The smallest absolute Gasteiger partial charge is 0.0637 e. The number of aryl methyl sites for hydroxylation is 1. The lowest BCUT2D eigenvalue weighted by atomic mass is 9.91. The minimum atomic E-state index is 0.945. The fourth-order valence-electron chi connectivity index (χ4n) is 3.29. The van der Waals surface area contributed by atoms with Gasteiger partial charge >= 0.3 is 0 Å². The maximum absolute atomic E-state index is 4.70. The maximum atomic E-state index is 4.70. The van der Waals surface area contributed by atoms with Crippen molar-refractivity contribution in [2.75, 3.05) is 0 Å².